The van der Waals surface area contributed by atoms with Crippen molar-refractivity contribution in [2.24, 2.45) is 5.14 Å². The van der Waals surface area contributed by atoms with Gasteiger partial charge >= 0.3 is 0 Å². The van der Waals surface area contributed by atoms with Crippen molar-refractivity contribution in [1.82, 2.24) is 5.32 Å². The summed E-state index contributed by atoms with van der Waals surface area (Å²) in [6, 6.07) is 29.0. The average Bonchev–Trinajstić information content (AvgIpc) is 3.01. The Morgan fingerprint density at radius 1 is 0.778 bits per heavy atom. The Morgan fingerprint density at radius 3 is 2.07 bits per heavy atom. The van der Waals surface area contributed by atoms with Crippen LogP contribution in [0.5, 0.6) is 0 Å². The molecule has 9 nitrogen and oxygen atoms in total. The third kappa shape index (κ3) is 9.64. The Kier molecular flexibility index (Phi) is 10.9. The van der Waals surface area contributed by atoms with Crippen LogP contribution in [0.4, 0.5) is 11.4 Å². The van der Waals surface area contributed by atoms with Crippen molar-refractivity contribution in [2.75, 3.05) is 10.6 Å². The van der Waals surface area contributed by atoms with Gasteiger partial charge in [0.1, 0.15) is 5.70 Å². The Morgan fingerprint density at radius 2 is 1.44 bits per heavy atom. The van der Waals surface area contributed by atoms with Crippen molar-refractivity contribution in [1.29, 1.82) is 0 Å². The fourth-order valence-electron chi connectivity index (χ4n) is 4.16. The summed E-state index contributed by atoms with van der Waals surface area (Å²) in [5.41, 5.74) is 3.30. The Labute approximate surface area is 267 Å². The number of anilines is 2. The van der Waals surface area contributed by atoms with Gasteiger partial charge in [0, 0.05) is 21.8 Å². The molecule has 0 saturated heterocycles. The number of nitrogens with one attached hydrogen (secondary N) is 3. The monoisotopic (exact) mass is 642 g/mol. The molecule has 5 N–H and O–H groups in total. The van der Waals surface area contributed by atoms with E-state index in [0.717, 1.165) is 16.0 Å². The normalized spacial score (nSPS) is 12.3. The molecular formula is C34H34N4O5S2. The van der Waals surface area contributed by atoms with Crippen LogP contribution in [-0.2, 0) is 19.6 Å². The van der Waals surface area contributed by atoms with E-state index >= 15 is 0 Å². The summed E-state index contributed by atoms with van der Waals surface area (Å²) < 4.78 is 22.9. The average molecular weight is 643 g/mol. The third-order valence-corrected chi connectivity index (χ3v) is 8.69. The molecule has 0 aliphatic heterocycles. The van der Waals surface area contributed by atoms with E-state index in [9.17, 15) is 22.8 Å². The lowest BCUT2D eigenvalue weighted by Crippen LogP contribution is -2.30. The van der Waals surface area contributed by atoms with Gasteiger partial charge in [0.05, 0.1) is 10.1 Å². The summed E-state index contributed by atoms with van der Waals surface area (Å²) in [6.45, 7) is 5.93. The molecule has 1 unspecified atom stereocenters. The van der Waals surface area contributed by atoms with E-state index in [0.29, 0.717) is 22.9 Å². The van der Waals surface area contributed by atoms with E-state index in [1.807, 2.05) is 30.3 Å². The maximum atomic E-state index is 13.5. The predicted molar refractivity (Wildman–Crippen MR) is 179 cm³/mol. The SMILES string of the molecule is CC(Sc1cccc(NC(=O)/C(=C\c2ccc(C(C)C)cc2)NC(=O)c2ccccc2)c1)C(=O)Nc1ccc(S(N)(=O)=O)cc1. The van der Waals surface area contributed by atoms with Crippen molar-refractivity contribution in [3.63, 3.8) is 0 Å². The summed E-state index contributed by atoms with van der Waals surface area (Å²) in [6.07, 6.45) is 1.63. The Bertz CT molecular complexity index is 1810. The first-order valence-electron chi connectivity index (χ1n) is 14.1. The second-order valence-electron chi connectivity index (χ2n) is 10.5. The second kappa shape index (κ2) is 14.8. The van der Waals surface area contributed by atoms with Crippen molar-refractivity contribution < 1.29 is 22.8 Å². The maximum Gasteiger partial charge on any atom is 0.272 e. The highest BCUT2D eigenvalue weighted by molar-refractivity contribution is 8.00. The number of hydrogen-bond acceptors (Lipinski definition) is 6. The number of rotatable bonds is 11. The van der Waals surface area contributed by atoms with Gasteiger partial charge in [-0.1, -0.05) is 62.4 Å². The van der Waals surface area contributed by atoms with Gasteiger partial charge in [-0.25, -0.2) is 13.6 Å². The minimum atomic E-state index is -3.83. The molecule has 4 aromatic carbocycles. The van der Waals surface area contributed by atoms with E-state index in [-0.39, 0.29) is 16.5 Å². The lowest BCUT2D eigenvalue weighted by atomic mass is 10.0. The van der Waals surface area contributed by atoms with Crippen molar-refractivity contribution in [3.8, 4) is 0 Å². The van der Waals surface area contributed by atoms with Gasteiger partial charge < -0.3 is 16.0 Å². The molecular weight excluding hydrogens is 609 g/mol. The van der Waals surface area contributed by atoms with Crippen LogP contribution < -0.4 is 21.1 Å². The van der Waals surface area contributed by atoms with Gasteiger partial charge in [-0.05, 0) is 84.6 Å². The van der Waals surface area contributed by atoms with Gasteiger partial charge in [0.15, 0.2) is 0 Å². The molecule has 0 aliphatic carbocycles. The van der Waals surface area contributed by atoms with Crippen LogP contribution in [0, 0.1) is 0 Å². The number of primary sulfonamides is 1. The van der Waals surface area contributed by atoms with Crippen LogP contribution in [0.2, 0.25) is 0 Å². The predicted octanol–water partition coefficient (Wildman–Crippen LogP) is 5.99. The zero-order valence-electron chi connectivity index (χ0n) is 25.0. The Hall–Kier alpha value is -4.71. The van der Waals surface area contributed by atoms with Gasteiger partial charge in [0.2, 0.25) is 15.9 Å². The van der Waals surface area contributed by atoms with Crippen LogP contribution in [-0.4, -0.2) is 31.4 Å². The maximum absolute atomic E-state index is 13.5. The zero-order valence-corrected chi connectivity index (χ0v) is 26.6. The molecule has 3 amide bonds. The molecule has 0 heterocycles. The van der Waals surface area contributed by atoms with Crippen molar-refractivity contribution in [3.05, 3.63) is 126 Å². The van der Waals surface area contributed by atoms with Crippen LogP contribution in [0.3, 0.4) is 0 Å². The third-order valence-electron chi connectivity index (χ3n) is 6.67. The van der Waals surface area contributed by atoms with Gasteiger partial charge in [-0.15, -0.1) is 11.8 Å². The van der Waals surface area contributed by atoms with E-state index in [1.165, 1.54) is 36.0 Å². The molecule has 0 spiro atoms. The molecule has 45 heavy (non-hydrogen) atoms. The summed E-state index contributed by atoms with van der Waals surface area (Å²) in [4.78, 5) is 39.9. The number of carbonyl (C=O) groups excluding carboxylic acids is 3. The molecule has 0 aromatic heterocycles. The molecule has 0 saturated carbocycles. The largest absolute Gasteiger partial charge is 0.325 e. The first kappa shape index (κ1) is 33.2. The lowest BCUT2D eigenvalue weighted by molar-refractivity contribution is -0.115. The molecule has 11 heteroatoms. The van der Waals surface area contributed by atoms with Gasteiger partial charge in [0.25, 0.3) is 11.8 Å². The summed E-state index contributed by atoms with van der Waals surface area (Å²) >= 11 is 1.28. The smallest absolute Gasteiger partial charge is 0.272 e. The lowest BCUT2D eigenvalue weighted by Gasteiger charge is -2.14. The number of hydrogen-bond donors (Lipinski definition) is 4. The fraction of sp³-hybridized carbons (Fsp3) is 0.147. The van der Waals surface area contributed by atoms with E-state index in [1.54, 1.807) is 61.5 Å². The number of benzene rings is 4. The van der Waals surface area contributed by atoms with Crippen LogP contribution in [0.1, 0.15) is 48.2 Å². The fourth-order valence-corrected chi connectivity index (χ4v) is 5.60. The van der Waals surface area contributed by atoms with Crippen LogP contribution >= 0.6 is 11.8 Å². The van der Waals surface area contributed by atoms with Crippen molar-refractivity contribution in [2.45, 2.75) is 41.7 Å². The number of sulfonamides is 1. The topological polar surface area (TPSA) is 147 Å². The first-order valence-corrected chi connectivity index (χ1v) is 16.5. The standard InChI is InChI=1S/C34H34N4O5S2/c1-22(2)25-14-12-24(13-15-25)20-31(38-33(40)26-8-5-4-6-9-26)34(41)37-28-10-7-11-29(21-28)44-23(3)32(39)36-27-16-18-30(19-17-27)45(35,42)43/h4-23H,1-3H3,(H,36,39)(H,37,41)(H,38,40)(H2,35,42,43)/b31-20+. The first-order chi connectivity index (χ1) is 21.4. The molecule has 0 bridgehead atoms. The van der Waals surface area contributed by atoms with E-state index in [4.69, 9.17) is 5.14 Å². The Balaban J connectivity index is 1.47. The molecule has 1 atom stereocenters. The van der Waals surface area contributed by atoms with E-state index in [2.05, 4.69) is 29.8 Å². The molecule has 0 fully saturated rings. The summed E-state index contributed by atoms with van der Waals surface area (Å²) in [5.74, 6) is -0.871. The van der Waals surface area contributed by atoms with Gasteiger partial charge in [-0.2, -0.15) is 0 Å². The van der Waals surface area contributed by atoms with E-state index < -0.39 is 27.1 Å². The molecule has 4 rings (SSSR count). The zero-order chi connectivity index (χ0) is 32.6. The van der Waals surface area contributed by atoms with Crippen molar-refractivity contribution >= 4 is 57.0 Å². The quantitative estimate of drug-likeness (QED) is 0.117. The number of carbonyl (C=O) groups is 3. The van der Waals surface area contributed by atoms with Crippen LogP contribution in [0.15, 0.2) is 119 Å². The minimum absolute atomic E-state index is 0.0524. The summed E-state index contributed by atoms with van der Waals surface area (Å²) in [5, 5.41) is 13.0. The molecule has 232 valence electrons. The second-order valence-corrected chi connectivity index (χ2v) is 13.5. The highest BCUT2D eigenvalue weighted by Crippen LogP contribution is 2.27. The number of amides is 3. The highest BCUT2D eigenvalue weighted by atomic mass is 32.2. The van der Waals surface area contributed by atoms with Gasteiger partial charge in [-0.3, -0.25) is 14.4 Å². The number of nitrogens with two attached hydrogens (primary N) is 1. The van der Waals surface area contributed by atoms with Crippen LogP contribution in [0.25, 0.3) is 6.08 Å². The number of thioether (sulfide) groups is 1. The summed E-state index contributed by atoms with van der Waals surface area (Å²) in [7, 11) is -3.83. The molecule has 0 radical (unpaired) electrons. The highest BCUT2D eigenvalue weighted by Gasteiger charge is 2.18. The molecule has 0 aliphatic rings. The minimum Gasteiger partial charge on any atom is -0.325 e. The molecule has 4 aromatic rings.